The second kappa shape index (κ2) is 4.23. The zero-order valence-electron chi connectivity index (χ0n) is 9.33. The third kappa shape index (κ3) is 2.00. The Morgan fingerprint density at radius 2 is 2.24 bits per heavy atom. The highest BCUT2D eigenvalue weighted by molar-refractivity contribution is 5.20. The van der Waals surface area contributed by atoms with Gasteiger partial charge >= 0.3 is 0 Å². The SMILES string of the molecule is C[C@]1(O)C(c2ccc(=O)[nH]c2)OC(CO)C1O. The number of hydrogen-bond acceptors (Lipinski definition) is 5. The van der Waals surface area contributed by atoms with Crippen molar-refractivity contribution < 1.29 is 20.1 Å². The zero-order valence-corrected chi connectivity index (χ0v) is 9.33. The molecule has 3 unspecified atom stereocenters. The molecule has 0 amide bonds. The molecule has 6 heteroatoms. The Morgan fingerprint density at radius 3 is 2.71 bits per heavy atom. The first kappa shape index (κ1) is 12.3. The summed E-state index contributed by atoms with van der Waals surface area (Å²) >= 11 is 0. The Kier molecular flexibility index (Phi) is 3.05. The van der Waals surface area contributed by atoms with Gasteiger partial charge < -0.3 is 25.0 Å². The van der Waals surface area contributed by atoms with Crippen LogP contribution in [-0.2, 0) is 4.74 Å². The van der Waals surface area contributed by atoms with Crippen molar-refractivity contribution in [2.24, 2.45) is 0 Å². The Balaban J connectivity index is 2.33. The van der Waals surface area contributed by atoms with Gasteiger partial charge in [-0.15, -0.1) is 0 Å². The Labute approximate surface area is 97.5 Å². The number of rotatable bonds is 2. The fraction of sp³-hybridized carbons (Fsp3) is 0.545. The number of ether oxygens (including phenoxy) is 1. The van der Waals surface area contributed by atoms with Crippen LogP contribution in [0.1, 0.15) is 18.6 Å². The fourth-order valence-corrected chi connectivity index (χ4v) is 2.06. The normalized spacial score (nSPS) is 37.3. The van der Waals surface area contributed by atoms with E-state index in [0.29, 0.717) is 5.56 Å². The van der Waals surface area contributed by atoms with Crippen LogP contribution in [0.4, 0.5) is 0 Å². The molecule has 0 radical (unpaired) electrons. The van der Waals surface area contributed by atoms with E-state index in [1.54, 1.807) is 0 Å². The maximum Gasteiger partial charge on any atom is 0.247 e. The third-order valence-corrected chi connectivity index (χ3v) is 3.08. The van der Waals surface area contributed by atoms with Gasteiger partial charge in [0.05, 0.1) is 6.61 Å². The Hall–Kier alpha value is -1.21. The lowest BCUT2D eigenvalue weighted by Crippen LogP contribution is -2.43. The number of aromatic nitrogens is 1. The molecule has 1 saturated heterocycles. The highest BCUT2D eigenvalue weighted by atomic mass is 16.6. The van der Waals surface area contributed by atoms with Crippen molar-refractivity contribution >= 4 is 0 Å². The predicted octanol–water partition coefficient (Wildman–Crippen LogP) is -1.08. The van der Waals surface area contributed by atoms with E-state index in [1.165, 1.54) is 25.3 Å². The molecule has 6 nitrogen and oxygen atoms in total. The summed E-state index contributed by atoms with van der Waals surface area (Å²) in [5.74, 6) is 0. The van der Waals surface area contributed by atoms with E-state index < -0.39 is 23.9 Å². The topological polar surface area (TPSA) is 103 Å². The van der Waals surface area contributed by atoms with Crippen molar-refractivity contribution in [1.29, 1.82) is 0 Å². The van der Waals surface area contributed by atoms with E-state index in [-0.39, 0.29) is 12.2 Å². The van der Waals surface area contributed by atoms with Gasteiger partial charge in [-0.05, 0) is 13.0 Å². The third-order valence-electron chi connectivity index (χ3n) is 3.08. The Morgan fingerprint density at radius 1 is 1.53 bits per heavy atom. The van der Waals surface area contributed by atoms with Gasteiger partial charge in [-0.2, -0.15) is 0 Å². The number of hydrogen-bond donors (Lipinski definition) is 4. The van der Waals surface area contributed by atoms with E-state index in [2.05, 4.69) is 4.98 Å². The number of nitrogens with one attached hydrogen (secondary N) is 1. The average Bonchev–Trinajstić information content (AvgIpc) is 2.53. The van der Waals surface area contributed by atoms with Crippen LogP contribution in [0.25, 0.3) is 0 Å². The fourth-order valence-electron chi connectivity index (χ4n) is 2.06. The minimum absolute atomic E-state index is 0.259. The molecule has 17 heavy (non-hydrogen) atoms. The number of H-pyrrole nitrogens is 1. The maximum absolute atomic E-state index is 10.9. The first-order valence-electron chi connectivity index (χ1n) is 5.32. The molecular weight excluding hydrogens is 226 g/mol. The van der Waals surface area contributed by atoms with Crippen LogP contribution in [0.2, 0.25) is 0 Å². The van der Waals surface area contributed by atoms with Crippen molar-refractivity contribution in [3.8, 4) is 0 Å². The molecule has 94 valence electrons. The quantitative estimate of drug-likeness (QED) is 0.527. The molecule has 0 aliphatic carbocycles. The molecule has 1 aromatic rings. The number of aromatic amines is 1. The monoisotopic (exact) mass is 241 g/mol. The minimum atomic E-state index is -1.51. The lowest BCUT2D eigenvalue weighted by Gasteiger charge is -2.26. The lowest BCUT2D eigenvalue weighted by molar-refractivity contribution is -0.0646. The van der Waals surface area contributed by atoms with Crippen molar-refractivity contribution in [1.82, 2.24) is 4.98 Å². The molecule has 2 heterocycles. The standard InChI is InChI=1S/C11H15NO5/c1-11(16)9(15)7(5-13)17-10(11)6-2-3-8(14)12-4-6/h2-4,7,9-10,13,15-16H,5H2,1H3,(H,12,14)/t7?,9?,10?,11-/m1/s1. The molecule has 1 fully saturated rings. The van der Waals surface area contributed by atoms with Gasteiger partial charge in [-0.1, -0.05) is 0 Å². The molecule has 1 aliphatic rings. The van der Waals surface area contributed by atoms with Gasteiger partial charge in [0.1, 0.15) is 23.9 Å². The van der Waals surface area contributed by atoms with Crippen molar-refractivity contribution in [2.45, 2.75) is 30.8 Å². The van der Waals surface area contributed by atoms with Crippen molar-refractivity contribution in [3.63, 3.8) is 0 Å². The number of pyridine rings is 1. The van der Waals surface area contributed by atoms with Crippen LogP contribution in [0.3, 0.4) is 0 Å². The summed E-state index contributed by atoms with van der Waals surface area (Å²) in [6.45, 7) is 1.06. The first-order chi connectivity index (χ1) is 7.96. The van der Waals surface area contributed by atoms with Crippen LogP contribution < -0.4 is 5.56 Å². The Bertz CT molecular complexity index is 435. The summed E-state index contributed by atoms with van der Waals surface area (Å²) in [4.78, 5) is 13.4. The van der Waals surface area contributed by atoms with Gasteiger partial charge in [0.2, 0.25) is 5.56 Å². The summed E-state index contributed by atoms with van der Waals surface area (Å²) in [5.41, 5.74) is -1.22. The molecule has 1 aromatic heterocycles. The molecule has 0 bridgehead atoms. The zero-order chi connectivity index (χ0) is 12.6. The predicted molar refractivity (Wildman–Crippen MR) is 58.4 cm³/mol. The molecule has 0 spiro atoms. The van der Waals surface area contributed by atoms with Gasteiger partial charge in [0.15, 0.2) is 0 Å². The maximum atomic E-state index is 10.9. The number of aliphatic hydroxyl groups is 3. The summed E-state index contributed by atoms with van der Waals surface area (Å²) in [6, 6.07) is 2.83. The molecule has 2 rings (SSSR count). The molecular formula is C11H15NO5. The van der Waals surface area contributed by atoms with Gasteiger partial charge in [-0.3, -0.25) is 4.79 Å². The second-order valence-electron chi connectivity index (χ2n) is 4.39. The van der Waals surface area contributed by atoms with E-state index in [0.717, 1.165) is 0 Å². The van der Waals surface area contributed by atoms with E-state index in [1.807, 2.05) is 0 Å². The summed E-state index contributed by atoms with van der Waals surface area (Å²) in [6.07, 6.45) is -1.37. The van der Waals surface area contributed by atoms with E-state index in [9.17, 15) is 15.0 Å². The highest BCUT2D eigenvalue weighted by Gasteiger charge is 2.52. The van der Waals surface area contributed by atoms with Crippen molar-refractivity contribution in [3.05, 3.63) is 34.2 Å². The van der Waals surface area contributed by atoms with Crippen LogP contribution in [0, 0.1) is 0 Å². The molecule has 0 saturated carbocycles. The largest absolute Gasteiger partial charge is 0.394 e. The number of aliphatic hydroxyl groups excluding tert-OH is 2. The van der Waals surface area contributed by atoms with Crippen LogP contribution in [0.15, 0.2) is 23.1 Å². The summed E-state index contributed by atoms with van der Waals surface area (Å²) in [5, 5.41) is 29.0. The second-order valence-corrected chi connectivity index (χ2v) is 4.39. The summed E-state index contributed by atoms with van der Waals surface area (Å²) in [7, 11) is 0. The van der Waals surface area contributed by atoms with Gasteiger partial charge in [-0.25, -0.2) is 0 Å². The highest BCUT2D eigenvalue weighted by Crippen LogP contribution is 2.40. The van der Waals surface area contributed by atoms with Crippen LogP contribution >= 0.6 is 0 Å². The van der Waals surface area contributed by atoms with Crippen LogP contribution in [0.5, 0.6) is 0 Å². The summed E-state index contributed by atoms with van der Waals surface area (Å²) < 4.78 is 5.39. The first-order valence-corrected chi connectivity index (χ1v) is 5.32. The van der Waals surface area contributed by atoms with Gasteiger partial charge in [0.25, 0.3) is 0 Å². The van der Waals surface area contributed by atoms with Crippen LogP contribution in [-0.4, -0.2) is 44.7 Å². The molecule has 4 N–H and O–H groups in total. The van der Waals surface area contributed by atoms with E-state index >= 15 is 0 Å². The molecule has 0 aromatic carbocycles. The molecule has 1 aliphatic heterocycles. The molecule has 4 atom stereocenters. The van der Waals surface area contributed by atoms with Gasteiger partial charge in [0, 0.05) is 17.8 Å². The van der Waals surface area contributed by atoms with Crippen molar-refractivity contribution in [2.75, 3.05) is 6.61 Å². The lowest BCUT2D eigenvalue weighted by atomic mass is 9.89. The average molecular weight is 241 g/mol. The smallest absolute Gasteiger partial charge is 0.247 e. The minimum Gasteiger partial charge on any atom is -0.394 e. The van der Waals surface area contributed by atoms with E-state index in [4.69, 9.17) is 9.84 Å².